The first-order chi connectivity index (χ1) is 14.1. The molecule has 6 nitrogen and oxygen atoms in total. The number of benzene rings is 2. The molecule has 1 aliphatic rings. The molecule has 1 saturated heterocycles. The maximum absolute atomic E-state index is 12.8. The van der Waals surface area contributed by atoms with E-state index in [-0.39, 0.29) is 24.3 Å². The molecule has 0 unspecified atom stereocenters. The average Bonchev–Trinajstić information content (AvgIpc) is 3.23. The predicted molar refractivity (Wildman–Crippen MR) is 112 cm³/mol. The number of rotatable bonds is 8. The molecule has 0 aliphatic carbocycles. The summed E-state index contributed by atoms with van der Waals surface area (Å²) in [5.74, 6) is 0.623. The van der Waals surface area contributed by atoms with Gasteiger partial charge in [-0.1, -0.05) is 42.5 Å². The normalized spacial score (nSPS) is 17.0. The number of nitrogens with one attached hydrogen (secondary N) is 1. The van der Waals surface area contributed by atoms with E-state index in [0.717, 1.165) is 23.3 Å². The number of methoxy groups -OCH3 is 1. The number of amides is 2. The molecule has 2 aromatic carbocycles. The molecular formula is C23H29N3O3. The number of nitrogens with zero attached hydrogens (tertiary/aromatic N) is 1. The molecule has 0 saturated carbocycles. The number of carbonyl (C=O) groups excluding carboxylic acids is 2. The highest BCUT2D eigenvalue weighted by molar-refractivity contribution is 5.88. The molecule has 6 heteroatoms. The van der Waals surface area contributed by atoms with Gasteiger partial charge in [0.05, 0.1) is 7.11 Å². The summed E-state index contributed by atoms with van der Waals surface area (Å²) >= 11 is 0. The van der Waals surface area contributed by atoms with Crippen molar-refractivity contribution in [1.29, 1.82) is 0 Å². The molecule has 0 radical (unpaired) electrons. The second-order valence-electron chi connectivity index (χ2n) is 7.46. The van der Waals surface area contributed by atoms with Crippen LogP contribution in [-0.2, 0) is 22.6 Å². The Bertz CT molecular complexity index is 808. The van der Waals surface area contributed by atoms with E-state index in [1.54, 1.807) is 12.0 Å². The Kier molecular flexibility index (Phi) is 7.25. The summed E-state index contributed by atoms with van der Waals surface area (Å²) in [5.41, 5.74) is 8.30. The minimum atomic E-state index is -0.412. The Morgan fingerprint density at radius 3 is 2.55 bits per heavy atom. The molecule has 2 atom stereocenters. The number of likely N-dealkylation sites (tertiary alicyclic amines) is 1. The number of carbonyl (C=O) groups is 2. The van der Waals surface area contributed by atoms with E-state index in [4.69, 9.17) is 10.5 Å². The van der Waals surface area contributed by atoms with Crippen molar-refractivity contribution < 1.29 is 14.3 Å². The highest BCUT2D eigenvalue weighted by Crippen LogP contribution is 2.20. The van der Waals surface area contributed by atoms with E-state index in [0.29, 0.717) is 25.9 Å². The molecule has 2 amide bonds. The summed E-state index contributed by atoms with van der Waals surface area (Å²) in [5, 5.41) is 2.95. The molecule has 2 aromatic rings. The maximum Gasteiger partial charge on any atom is 0.243 e. The summed E-state index contributed by atoms with van der Waals surface area (Å²) in [6.45, 7) is 1.03. The van der Waals surface area contributed by atoms with Gasteiger partial charge in [-0.05, 0) is 42.5 Å². The molecule has 1 fully saturated rings. The summed E-state index contributed by atoms with van der Waals surface area (Å²) in [7, 11) is 1.62. The minimum Gasteiger partial charge on any atom is -0.497 e. The lowest BCUT2D eigenvalue weighted by Crippen LogP contribution is -2.47. The molecule has 154 valence electrons. The largest absolute Gasteiger partial charge is 0.497 e. The van der Waals surface area contributed by atoms with E-state index in [1.807, 2.05) is 54.6 Å². The van der Waals surface area contributed by atoms with Crippen LogP contribution in [0.15, 0.2) is 54.6 Å². The highest BCUT2D eigenvalue weighted by Gasteiger charge is 2.34. The number of hydrogen-bond acceptors (Lipinski definition) is 4. The number of hydrogen-bond donors (Lipinski definition) is 2. The van der Waals surface area contributed by atoms with Crippen molar-refractivity contribution in [3.8, 4) is 5.75 Å². The summed E-state index contributed by atoms with van der Waals surface area (Å²) in [6, 6.07) is 16.8. The van der Waals surface area contributed by atoms with Crippen LogP contribution in [0.25, 0.3) is 0 Å². The van der Waals surface area contributed by atoms with Gasteiger partial charge in [0.1, 0.15) is 11.8 Å². The molecule has 3 N–H and O–H groups in total. The second kappa shape index (κ2) is 10.1. The van der Waals surface area contributed by atoms with E-state index >= 15 is 0 Å². The van der Waals surface area contributed by atoms with Gasteiger partial charge in [0.15, 0.2) is 0 Å². The Hall–Kier alpha value is -2.86. The van der Waals surface area contributed by atoms with E-state index in [9.17, 15) is 9.59 Å². The first-order valence-corrected chi connectivity index (χ1v) is 10.1. The third kappa shape index (κ3) is 5.81. The third-order valence-corrected chi connectivity index (χ3v) is 5.28. The quantitative estimate of drug-likeness (QED) is 0.718. The first-order valence-electron chi connectivity index (χ1n) is 10.1. The van der Waals surface area contributed by atoms with Crippen molar-refractivity contribution in [3.63, 3.8) is 0 Å². The maximum atomic E-state index is 12.8. The highest BCUT2D eigenvalue weighted by atomic mass is 16.5. The Balaban J connectivity index is 1.51. The van der Waals surface area contributed by atoms with Gasteiger partial charge in [-0.3, -0.25) is 9.59 Å². The SMILES string of the molecule is COc1ccc(CNC(=O)[C@@H]2CCCN2C(=O)C[C@H](N)Cc2ccccc2)cc1. The lowest BCUT2D eigenvalue weighted by molar-refractivity contribution is -0.138. The predicted octanol–water partition coefficient (Wildman–Crippen LogP) is 2.26. The fraction of sp³-hybridized carbons (Fsp3) is 0.391. The van der Waals surface area contributed by atoms with Crippen LogP contribution >= 0.6 is 0 Å². The summed E-state index contributed by atoms with van der Waals surface area (Å²) in [6.07, 6.45) is 2.42. The molecule has 1 aliphatic heterocycles. The van der Waals surface area contributed by atoms with Crippen molar-refractivity contribution in [1.82, 2.24) is 10.2 Å². The van der Waals surface area contributed by atoms with Crippen LogP contribution in [0.3, 0.4) is 0 Å². The molecule has 0 bridgehead atoms. The Morgan fingerprint density at radius 1 is 1.14 bits per heavy atom. The molecule has 3 rings (SSSR count). The monoisotopic (exact) mass is 395 g/mol. The molecular weight excluding hydrogens is 366 g/mol. The Morgan fingerprint density at radius 2 is 1.86 bits per heavy atom. The van der Waals surface area contributed by atoms with Gasteiger partial charge in [-0.2, -0.15) is 0 Å². The number of ether oxygens (including phenoxy) is 1. The topological polar surface area (TPSA) is 84.7 Å². The van der Waals surface area contributed by atoms with Crippen LogP contribution in [0, 0.1) is 0 Å². The van der Waals surface area contributed by atoms with Crippen LogP contribution < -0.4 is 15.8 Å². The zero-order valence-electron chi connectivity index (χ0n) is 16.8. The summed E-state index contributed by atoms with van der Waals surface area (Å²) in [4.78, 5) is 27.1. The minimum absolute atomic E-state index is 0.0458. The van der Waals surface area contributed by atoms with Crippen molar-refractivity contribution in [2.45, 2.75) is 44.3 Å². The van der Waals surface area contributed by atoms with Gasteiger partial charge in [0.2, 0.25) is 11.8 Å². The van der Waals surface area contributed by atoms with Gasteiger partial charge in [0, 0.05) is 25.6 Å². The van der Waals surface area contributed by atoms with Gasteiger partial charge in [-0.25, -0.2) is 0 Å². The number of nitrogens with two attached hydrogens (primary N) is 1. The lowest BCUT2D eigenvalue weighted by atomic mass is 10.0. The fourth-order valence-electron chi connectivity index (χ4n) is 3.72. The van der Waals surface area contributed by atoms with Crippen LogP contribution in [0.4, 0.5) is 0 Å². The second-order valence-corrected chi connectivity index (χ2v) is 7.46. The van der Waals surface area contributed by atoms with E-state index in [1.165, 1.54) is 0 Å². The molecule has 1 heterocycles. The van der Waals surface area contributed by atoms with Crippen molar-refractivity contribution in [3.05, 3.63) is 65.7 Å². The van der Waals surface area contributed by atoms with Crippen molar-refractivity contribution in [2.75, 3.05) is 13.7 Å². The van der Waals surface area contributed by atoms with Gasteiger partial charge in [-0.15, -0.1) is 0 Å². The Labute approximate surface area is 172 Å². The molecule has 0 spiro atoms. The van der Waals surface area contributed by atoms with E-state index in [2.05, 4.69) is 5.32 Å². The van der Waals surface area contributed by atoms with E-state index < -0.39 is 6.04 Å². The van der Waals surface area contributed by atoms with Crippen LogP contribution in [0.1, 0.15) is 30.4 Å². The molecule has 0 aromatic heterocycles. The van der Waals surface area contributed by atoms with Crippen LogP contribution in [-0.4, -0.2) is 42.5 Å². The van der Waals surface area contributed by atoms with Crippen LogP contribution in [0.5, 0.6) is 5.75 Å². The third-order valence-electron chi connectivity index (χ3n) is 5.28. The average molecular weight is 396 g/mol. The van der Waals surface area contributed by atoms with Crippen molar-refractivity contribution >= 4 is 11.8 Å². The van der Waals surface area contributed by atoms with Gasteiger partial charge < -0.3 is 20.7 Å². The fourth-order valence-corrected chi connectivity index (χ4v) is 3.72. The summed E-state index contributed by atoms with van der Waals surface area (Å²) < 4.78 is 5.14. The zero-order chi connectivity index (χ0) is 20.6. The standard InChI is InChI=1S/C23H29N3O3/c1-29-20-11-9-18(10-12-20)16-25-23(28)21-8-5-13-26(21)22(27)15-19(24)14-17-6-3-2-4-7-17/h2-4,6-7,9-12,19,21H,5,8,13-16,24H2,1H3,(H,25,28)/t19-,21+/m1/s1. The van der Waals surface area contributed by atoms with Gasteiger partial charge in [0.25, 0.3) is 0 Å². The van der Waals surface area contributed by atoms with Crippen molar-refractivity contribution in [2.24, 2.45) is 5.73 Å². The van der Waals surface area contributed by atoms with Gasteiger partial charge >= 0.3 is 0 Å². The smallest absolute Gasteiger partial charge is 0.243 e. The zero-order valence-corrected chi connectivity index (χ0v) is 16.8. The lowest BCUT2D eigenvalue weighted by Gasteiger charge is -2.25. The van der Waals surface area contributed by atoms with Crippen LogP contribution in [0.2, 0.25) is 0 Å². The first kappa shape index (κ1) is 20.9. The molecule has 29 heavy (non-hydrogen) atoms.